The quantitative estimate of drug-likeness (QED) is 0.636. The molecule has 1 N–H and O–H groups in total. The molecule has 15 heavy (non-hydrogen) atoms. The molecule has 1 aromatic rings. The Morgan fingerprint density at radius 2 is 1.80 bits per heavy atom. The maximum absolute atomic E-state index is 12.0. The zero-order chi connectivity index (χ0) is 11.1. The molecular formula is C12H19AsO2. The summed E-state index contributed by atoms with van der Waals surface area (Å²) in [6.45, 7) is 2.14. The molecular weight excluding hydrogens is 251 g/mol. The van der Waals surface area contributed by atoms with Gasteiger partial charge in [-0.2, -0.15) is 0 Å². The molecule has 0 spiro atoms. The molecule has 0 bridgehead atoms. The zero-order valence-electron chi connectivity index (χ0n) is 9.22. The monoisotopic (exact) mass is 270 g/mol. The van der Waals surface area contributed by atoms with Crippen molar-refractivity contribution in [3.63, 3.8) is 0 Å². The molecule has 1 aromatic carbocycles. The summed E-state index contributed by atoms with van der Waals surface area (Å²) in [5.74, 6) is 0. The van der Waals surface area contributed by atoms with E-state index in [0.717, 1.165) is 25.7 Å². The van der Waals surface area contributed by atoms with E-state index in [1.54, 1.807) is 12.1 Å². The van der Waals surface area contributed by atoms with Crippen LogP contribution in [0.3, 0.4) is 0 Å². The summed E-state index contributed by atoms with van der Waals surface area (Å²) < 4.78 is 22.5. The molecule has 0 radical (unpaired) electrons. The molecule has 0 aromatic heterocycles. The van der Waals surface area contributed by atoms with Gasteiger partial charge in [0.25, 0.3) is 0 Å². The standard InChI is InChI=1S/C12H19AsO2/c1-2-3-4-8-11-13(14,15)12-9-6-5-7-10-12/h5-7,9-10H,2-4,8,11H2,1H3,(H,14,15). The molecule has 1 rings (SSSR count). The van der Waals surface area contributed by atoms with Crippen LogP contribution < -0.4 is 4.35 Å². The molecule has 0 aliphatic rings. The minimum absolute atomic E-state index is 0.474. The Labute approximate surface area is 94.4 Å². The zero-order valence-corrected chi connectivity index (χ0v) is 11.1. The van der Waals surface area contributed by atoms with Gasteiger partial charge in [0.05, 0.1) is 0 Å². The molecule has 3 heteroatoms. The van der Waals surface area contributed by atoms with E-state index in [0.29, 0.717) is 9.56 Å². The van der Waals surface area contributed by atoms with Crippen LogP contribution in [0.4, 0.5) is 0 Å². The van der Waals surface area contributed by atoms with Gasteiger partial charge in [-0.3, -0.25) is 0 Å². The first-order valence-electron chi connectivity index (χ1n) is 5.54. The number of unbranched alkanes of at least 4 members (excludes halogenated alkanes) is 3. The van der Waals surface area contributed by atoms with Crippen molar-refractivity contribution in [1.82, 2.24) is 0 Å². The van der Waals surface area contributed by atoms with Gasteiger partial charge in [-0.1, -0.05) is 0 Å². The maximum atomic E-state index is 12.0. The number of hydrogen-bond acceptors (Lipinski definition) is 1. The van der Waals surface area contributed by atoms with Gasteiger partial charge in [0, 0.05) is 0 Å². The van der Waals surface area contributed by atoms with Crippen molar-refractivity contribution in [3.8, 4) is 0 Å². The molecule has 1 atom stereocenters. The third-order valence-corrected chi connectivity index (χ3v) is 6.73. The Morgan fingerprint density at radius 3 is 2.40 bits per heavy atom. The van der Waals surface area contributed by atoms with Crippen LogP contribution >= 0.6 is 0 Å². The van der Waals surface area contributed by atoms with Crippen molar-refractivity contribution in [2.75, 3.05) is 0 Å². The van der Waals surface area contributed by atoms with E-state index in [1.165, 1.54) is 0 Å². The SMILES string of the molecule is CCCCCC[As](=O)(O)c1ccccc1. The van der Waals surface area contributed by atoms with E-state index in [9.17, 15) is 7.84 Å². The van der Waals surface area contributed by atoms with Gasteiger partial charge in [-0.25, -0.2) is 0 Å². The fourth-order valence-electron chi connectivity index (χ4n) is 1.54. The van der Waals surface area contributed by atoms with Crippen molar-refractivity contribution in [1.29, 1.82) is 0 Å². The Morgan fingerprint density at radius 1 is 1.13 bits per heavy atom. The summed E-state index contributed by atoms with van der Waals surface area (Å²) in [6, 6.07) is 9.05. The van der Waals surface area contributed by atoms with Gasteiger partial charge >= 0.3 is 94.2 Å². The van der Waals surface area contributed by atoms with Crippen LogP contribution in [0.1, 0.15) is 32.6 Å². The summed E-state index contributed by atoms with van der Waals surface area (Å²) in [4.78, 5) is 0. The molecule has 0 aliphatic heterocycles. The van der Waals surface area contributed by atoms with Gasteiger partial charge in [-0.05, 0) is 0 Å². The predicted octanol–water partition coefficient (Wildman–Crippen LogP) is 2.34. The Balaban J connectivity index is 2.49. The third-order valence-electron chi connectivity index (χ3n) is 2.47. The Kier molecular flexibility index (Phi) is 5.21. The summed E-state index contributed by atoms with van der Waals surface area (Å²) in [5, 5.41) is 0.474. The molecule has 2 nitrogen and oxygen atoms in total. The minimum atomic E-state index is -3.73. The van der Waals surface area contributed by atoms with E-state index in [4.69, 9.17) is 0 Å². The molecule has 0 saturated carbocycles. The van der Waals surface area contributed by atoms with Crippen molar-refractivity contribution >= 4 is 18.2 Å². The van der Waals surface area contributed by atoms with Crippen LogP contribution in [0, 0.1) is 0 Å². The van der Waals surface area contributed by atoms with Crippen molar-refractivity contribution in [3.05, 3.63) is 30.3 Å². The number of hydrogen-bond donors (Lipinski definition) is 1. The molecule has 0 saturated heterocycles. The molecule has 0 amide bonds. The van der Waals surface area contributed by atoms with E-state index >= 15 is 0 Å². The number of benzene rings is 1. The summed E-state index contributed by atoms with van der Waals surface area (Å²) >= 11 is -3.73. The topological polar surface area (TPSA) is 37.3 Å². The first-order chi connectivity index (χ1) is 7.17. The van der Waals surface area contributed by atoms with E-state index in [-0.39, 0.29) is 0 Å². The molecule has 84 valence electrons. The van der Waals surface area contributed by atoms with Gasteiger partial charge in [-0.15, -0.1) is 0 Å². The molecule has 0 heterocycles. The predicted molar refractivity (Wildman–Crippen MR) is 63.7 cm³/mol. The second kappa shape index (κ2) is 6.19. The fraction of sp³-hybridized carbons (Fsp3) is 0.500. The van der Waals surface area contributed by atoms with Crippen molar-refractivity contribution < 1.29 is 7.84 Å². The first-order valence-corrected chi connectivity index (χ1v) is 9.41. The van der Waals surface area contributed by atoms with Crippen molar-refractivity contribution in [2.45, 2.75) is 37.8 Å². The van der Waals surface area contributed by atoms with Crippen LogP contribution in [0.5, 0.6) is 0 Å². The van der Waals surface area contributed by atoms with Crippen LogP contribution in [0.15, 0.2) is 30.3 Å². The van der Waals surface area contributed by atoms with Crippen LogP contribution in [-0.4, -0.2) is 17.9 Å². The summed E-state index contributed by atoms with van der Waals surface area (Å²) in [7, 11) is 0. The average Bonchev–Trinajstić information content (AvgIpc) is 2.26. The normalized spacial score (nSPS) is 14.8. The van der Waals surface area contributed by atoms with Gasteiger partial charge < -0.3 is 0 Å². The average molecular weight is 270 g/mol. The van der Waals surface area contributed by atoms with Crippen molar-refractivity contribution in [2.24, 2.45) is 0 Å². The summed E-state index contributed by atoms with van der Waals surface area (Å²) in [6.07, 6.45) is 4.25. The van der Waals surface area contributed by atoms with Gasteiger partial charge in [0.15, 0.2) is 0 Å². The van der Waals surface area contributed by atoms with E-state index in [1.807, 2.05) is 18.2 Å². The van der Waals surface area contributed by atoms with Gasteiger partial charge in [0.1, 0.15) is 0 Å². The Bertz CT molecular complexity index is 322. The van der Waals surface area contributed by atoms with Crippen LogP contribution in [0.2, 0.25) is 5.21 Å². The van der Waals surface area contributed by atoms with Crippen LogP contribution in [0.25, 0.3) is 0 Å². The molecule has 0 fully saturated rings. The fourth-order valence-corrected chi connectivity index (χ4v) is 4.79. The second-order valence-corrected chi connectivity index (χ2v) is 8.79. The molecule has 1 unspecified atom stereocenters. The second-order valence-electron chi connectivity index (χ2n) is 3.82. The van der Waals surface area contributed by atoms with E-state index < -0.39 is 13.8 Å². The first kappa shape index (κ1) is 12.6. The summed E-state index contributed by atoms with van der Waals surface area (Å²) in [5.41, 5.74) is 0. The van der Waals surface area contributed by atoms with Gasteiger partial charge in [0.2, 0.25) is 0 Å². The van der Waals surface area contributed by atoms with Crippen LogP contribution in [-0.2, 0) is 3.74 Å². The molecule has 0 aliphatic carbocycles. The van der Waals surface area contributed by atoms with E-state index in [2.05, 4.69) is 6.92 Å². The third kappa shape index (κ3) is 4.27. The number of rotatable bonds is 6. The Hall–Kier alpha value is -0.462.